The van der Waals surface area contributed by atoms with E-state index in [0.717, 1.165) is 35.0 Å². The van der Waals surface area contributed by atoms with Gasteiger partial charge in [0.1, 0.15) is 0 Å². The average molecular weight is 469 g/mol. The van der Waals surface area contributed by atoms with Gasteiger partial charge in [-0.15, -0.1) is 10.2 Å². The van der Waals surface area contributed by atoms with Gasteiger partial charge in [0.15, 0.2) is 0 Å². The number of benzene rings is 2. The van der Waals surface area contributed by atoms with Crippen LogP contribution in [0.25, 0.3) is 6.08 Å². The van der Waals surface area contributed by atoms with Crippen molar-refractivity contribution in [2.24, 2.45) is 0 Å². The molecule has 0 saturated heterocycles. The van der Waals surface area contributed by atoms with Crippen molar-refractivity contribution in [2.45, 2.75) is 50.7 Å². The van der Waals surface area contributed by atoms with Gasteiger partial charge in [-0.05, 0) is 67.1 Å². The first kappa shape index (κ1) is 21.5. The fourth-order valence-electron chi connectivity index (χ4n) is 4.69. The van der Waals surface area contributed by atoms with Gasteiger partial charge in [-0.2, -0.15) is 0 Å². The van der Waals surface area contributed by atoms with E-state index in [-0.39, 0.29) is 0 Å². The topological polar surface area (TPSA) is 54.2 Å². The summed E-state index contributed by atoms with van der Waals surface area (Å²) in [5.41, 5.74) is 3.62. The molecule has 0 atom stereocenters. The van der Waals surface area contributed by atoms with Crippen molar-refractivity contribution in [3.05, 3.63) is 81.5 Å². The van der Waals surface area contributed by atoms with Crippen LogP contribution in [-0.4, -0.2) is 28.8 Å². The lowest BCUT2D eigenvalue weighted by molar-refractivity contribution is 0.319. The molecule has 1 fully saturated rings. The summed E-state index contributed by atoms with van der Waals surface area (Å²) in [6, 6.07) is 14.9. The Kier molecular flexibility index (Phi) is 6.49. The summed E-state index contributed by atoms with van der Waals surface area (Å²) in [6.45, 7) is 1.58. The van der Waals surface area contributed by atoms with Crippen molar-refractivity contribution in [3.63, 3.8) is 0 Å². The zero-order chi connectivity index (χ0) is 21.9. The van der Waals surface area contributed by atoms with Crippen molar-refractivity contribution in [1.29, 1.82) is 0 Å². The van der Waals surface area contributed by atoms with Gasteiger partial charge >= 0.3 is 0 Å². The molecular weight excluding hydrogens is 443 g/mol. The van der Waals surface area contributed by atoms with E-state index in [2.05, 4.69) is 44.7 Å². The molecule has 0 unspecified atom stereocenters. The van der Waals surface area contributed by atoms with Crippen LogP contribution in [0.2, 0.25) is 10.0 Å². The van der Waals surface area contributed by atoms with Crippen molar-refractivity contribution in [1.82, 2.24) is 15.5 Å². The second-order valence-corrected chi connectivity index (χ2v) is 9.41. The number of nitrogens with one attached hydrogen (secondary N) is 1. The first-order valence-electron chi connectivity index (χ1n) is 11.2. The van der Waals surface area contributed by atoms with Gasteiger partial charge in [-0.1, -0.05) is 47.5 Å². The van der Waals surface area contributed by atoms with E-state index in [1.165, 1.54) is 24.1 Å². The van der Waals surface area contributed by atoms with Crippen LogP contribution in [0.5, 0.6) is 0 Å². The number of hydrogen-bond donors (Lipinski definition) is 1. The summed E-state index contributed by atoms with van der Waals surface area (Å²) in [4.78, 5) is 2.53. The number of anilines is 1. The zero-order valence-corrected chi connectivity index (χ0v) is 19.3. The molecule has 0 radical (unpaired) electrons. The highest BCUT2D eigenvalue weighted by molar-refractivity contribution is 6.31. The minimum Gasteiger partial charge on any atom is -0.424 e. The summed E-state index contributed by atoms with van der Waals surface area (Å²) in [5.74, 6) is 1.27. The van der Waals surface area contributed by atoms with Gasteiger partial charge in [0.25, 0.3) is 0 Å². The van der Waals surface area contributed by atoms with Gasteiger partial charge < -0.3 is 14.6 Å². The third-order valence-electron chi connectivity index (χ3n) is 6.36. The number of halogens is 2. The maximum Gasteiger partial charge on any atom is 0.230 e. The number of fused-ring (bicyclic) bond motifs is 1. The minimum absolute atomic E-state index is 0.475. The molecule has 2 aliphatic rings. The SMILES string of the molecule is Clc1ccc(Cc2nnc(CNC3CCC(N4CC=Cc5cc(Cl)ccc54)CC3)o2)cc1. The lowest BCUT2D eigenvalue weighted by Gasteiger charge is -2.40. The fourth-order valence-corrected chi connectivity index (χ4v) is 5.00. The predicted molar refractivity (Wildman–Crippen MR) is 129 cm³/mol. The van der Waals surface area contributed by atoms with Crippen molar-refractivity contribution >= 4 is 35.0 Å². The van der Waals surface area contributed by atoms with E-state index in [9.17, 15) is 0 Å². The van der Waals surface area contributed by atoms with Crippen LogP contribution in [0.4, 0.5) is 5.69 Å². The Balaban J connectivity index is 1.11. The van der Waals surface area contributed by atoms with Gasteiger partial charge in [0.2, 0.25) is 11.8 Å². The van der Waals surface area contributed by atoms with Crippen LogP contribution >= 0.6 is 23.2 Å². The van der Waals surface area contributed by atoms with Crippen molar-refractivity contribution < 1.29 is 4.42 Å². The summed E-state index contributed by atoms with van der Waals surface area (Å²) in [6.07, 6.45) is 9.64. The van der Waals surface area contributed by atoms with E-state index in [1.807, 2.05) is 30.3 Å². The van der Waals surface area contributed by atoms with E-state index in [1.54, 1.807) is 0 Å². The van der Waals surface area contributed by atoms with Gasteiger partial charge in [0, 0.05) is 34.4 Å². The first-order chi connectivity index (χ1) is 15.6. The molecule has 0 bridgehead atoms. The summed E-state index contributed by atoms with van der Waals surface area (Å²) >= 11 is 12.1. The Morgan fingerprint density at radius 2 is 1.69 bits per heavy atom. The minimum atomic E-state index is 0.475. The Hall–Kier alpha value is -2.34. The Bertz CT molecular complexity index is 1090. The maximum atomic E-state index is 6.18. The highest BCUT2D eigenvalue weighted by Crippen LogP contribution is 2.34. The first-order valence-corrected chi connectivity index (χ1v) is 11.9. The van der Waals surface area contributed by atoms with Crippen molar-refractivity contribution in [3.8, 4) is 0 Å². The van der Waals surface area contributed by atoms with Crippen LogP contribution in [0.3, 0.4) is 0 Å². The highest BCUT2D eigenvalue weighted by Gasteiger charge is 2.27. The zero-order valence-electron chi connectivity index (χ0n) is 17.8. The smallest absolute Gasteiger partial charge is 0.230 e. The van der Waals surface area contributed by atoms with E-state index in [0.29, 0.717) is 36.8 Å². The normalized spacial score (nSPS) is 20.4. The van der Waals surface area contributed by atoms with Crippen LogP contribution < -0.4 is 10.2 Å². The lowest BCUT2D eigenvalue weighted by Crippen LogP contribution is -2.43. The molecule has 5 rings (SSSR count). The third-order valence-corrected chi connectivity index (χ3v) is 6.84. The van der Waals surface area contributed by atoms with Crippen LogP contribution in [0, 0.1) is 0 Å². The van der Waals surface area contributed by atoms with Crippen LogP contribution in [-0.2, 0) is 13.0 Å². The summed E-state index contributed by atoms with van der Waals surface area (Å²) in [7, 11) is 0. The van der Waals surface area contributed by atoms with E-state index < -0.39 is 0 Å². The summed E-state index contributed by atoms with van der Waals surface area (Å²) < 4.78 is 5.83. The molecule has 3 aromatic rings. The quantitative estimate of drug-likeness (QED) is 0.487. The Morgan fingerprint density at radius 3 is 2.50 bits per heavy atom. The Labute approximate surface area is 198 Å². The fraction of sp³-hybridized carbons (Fsp3) is 0.360. The molecule has 0 spiro atoms. The molecule has 166 valence electrons. The van der Waals surface area contributed by atoms with E-state index >= 15 is 0 Å². The van der Waals surface area contributed by atoms with Crippen molar-refractivity contribution in [2.75, 3.05) is 11.4 Å². The monoisotopic (exact) mass is 468 g/mol. The van der Waals surface area contributed by atoms with Crippen LogP contribution in [0.15, 0.2) is 53.0 Å². The van der Waals surface area contributed by atoms with Gasteiger partial charge in [-0.25, -0.2) is 0 Å². The maximum absolute atomic E-state index is 6.18. The standard InChI is InChI=1S/C25H26Cl2N4O/c26-19-5-3-17(4-6-19)14-24-29-30-25(32-24)16-28-21-8-10-22(11-9-21)31-13-1-2-18-15-20(27)7-12-23(18)31/h1-7,12,15,21-22,28H,8-11,13-14,16H2. The molecule has 32 heavy (non-hydrogen) atoms. The molecule has 5 nitrogen and oxygen atoms in total. The number of rotatable bonds is 6. The molecule has 1 saturated carbocycles. The lowest BCUT2D eigenvalue weighted by atomic mass is 9.89. The molecule has 0 amide bonds. The largest absolute Gasteiger partial charge is 0.424 e. The number of nitrogens with zero attached hydrogens (tertiary/aromatic N) is 3. The average Bonchev–Trinajstić information content (AvgIpc) is 3.26. The molecular formula is C25H26Cl2N4O. The van der Waals surface area contributed by atoms with Gasteiger partial charge in [-0.3, -0.25) is 0 Å². The molecule has 1 N–H and O–H groups in total. The second-order valence-electron chi connectivity index (χ2n) is 8.54. The van der Waals surface area contributed by atoms with E-state index in [4.69, 9.17) is 27.6 Å². The Morgan fingerprint density at radius 1 is 0.938 bits per heavy atom. The number of hydrogen-bond acceptors (Lipinski definition) is 5. The molecule has 1 aromatic heterocycles. The third kappa shape index (κ3) is 5.01. The number of aromatic nitrogens is 2. The molecule has 1 aliphatic carbocycles. The van der Waals surface area contributed by atoms with Gasteiger partial charge in [0.05, 0.1) is 13.0 Å². The second kappa shape index (κ2) is 9.65. The predicted octanol–water partition coefficient (Wildman–Crippen LogP) is 5.90. The molecule has 1 aliphatic heterocycles. The highest BCUT2D eigenvalue weighted by atomic mass is 35.5. The molecule has 7 heteroatoms. The molecule has 2 aromatic carbocycles. The van der Waals surface area contributed by atoms with Crippen LogP contribution in [0.1, 0.15) is 48.6 Å². The molecule has 2 heterocycles. The summed E-state index contributed by atoms with van der Waals surface area (Å²) in [5, 5.41) is 13.5.